The molecule has 0 aromatic carbocycles. The fourth-order valence-corrected chi connectivity index (χ4v) is 4.98. The highest BCUT2D eigenvalue weighted by Gasteiger charge is 2.49. The van der Waals surface area contributed by atoms with Gasteiger partial charge in [-0.25, -0.2) is 17.9 Å². The van der Waals surface area contributed by atoms with Crippen LogP contribution in [0.1, 0.15) is 39.5 Å². The van der Waals surface area contributed by atoms with E-state index in [0.717, 1.165) is 30.6 Å². The maximum absolute atomic E-state index is 12.7. The van der Waals surface area contributed by atoms with Gasteiger partial charge in [0.2, 0.25) is 10.0 Å². The monoisotopic (exact) mass is 378 g/mol. The molecule has 26 heavy (non-hydrogen) atoms. The molecule has 3 aliphatic carbocycles. The summed E-state index contributed by atoms with van der Waals surface area (Å²) < 4.78 is 29.7. The minimum absolute atomic E-state index is 0.0773. The Balaban J connectivity index is 1.71. The minimum atomic E-state index is -3.62. The topological polar surface area (TPSA) is 86.6 Å². The number of likely N-dealkylation sites (N-methyl/N-ethyl adjacent to an activating group) is 1. The van der Waals surface area contributed by atoms with Gasteiger partial charge in [0, 0.05) is 11.0 Å². The molecule has 1 aliphatic heterocycles. The van der Waals surface area contributed by atoms with Crippen molar-refractivity contribution in [3.05, 3.63) is 23.8 Å². The van der Waals surface area contributed by atoms with Crippen molar-refractivity contribution in [3.63, 3.8) is 0 Å². The van der Waals surface area contributed by atoms with E-state index in [4.69, 9.17) is 0 Å². The Morgan fingerprint density at radius 2 is 1.88 bits per heavy atom. The number of allylic oxidation sites excluding steroid dienone is 1. The molecule has 1 N–H and O–H groups in total. The second kappa shape index (κ2) is 5.36. The third-order valence-electron chi connectivity index (χ3n) is 5.78. The van der Waals surface area contributed by atoms with Gasteiger partial charge in [0.25, 0.3) is 0 Å². The molecule has 0 aromatic rings. The summed E-state index contributed by atoms with van der Waals surface area (Å²) in [4.78, 5) is 26.3. The van der Waals surface area contributed by atoms with Gasteiger partial charge < -0.3 is 0 Å². The lowest BCUT2D eigenvalue weighted by atomic mass is 9.99. The van der Waals surface area contributed by atoms with Crippen LogP contribution in [-0.2, 0) is 14.8 Å². The van der Waals surface area contributed by atoms with E-state index < -0.39 is 21.2 Å². The van der Waals surface area contributed by atoms with Crippen molar-refractivity contribution in [1.82, 2.24) is 9.62 Å². The lowest BCUT2D eigenvalue weighted by Crippen LogP contribution is -2.51. The maximum Gasteiger partial charge on any atom is 0.501 e. The van der Waals surface area contributed by atoms with Gasteiger partial charge >= 0.3 is 11.9 Å². The van der Waals surface area contributed by atoms with Gasteiger partial charge in [0.15, 0.2) is 0 Å². The Bertz CT molecular complexity index is 905. The fourth-order valence-electron chi connectivity index (χ4n) is 3.35. The van der Waals surface area contributed by atoms with Crippen LogP contribution in [0.15, 0.2) is 23.8 Å². The summed E-state index contributed by atoms with van der Waals surface area (Å²) in [6.45, 7) is 4.52. The molecule has 0 spiro atoms. The number of hydrogen-bond acceptors (Lipinski definition) is 4. The SMILES string of the molecule is CN1C(=O)C2=CC(S(=O)(=O)NC3(C)CC3)C=CC2=[N+](CC2(C)CC2)C1=O. The standard InChI is InChI=1S/C18H24N3O4S/c1-17(6-7-17)11-21-14-5-4-12(26(24,25)19-18(2)8-9-18)10-13(14)15(22)20(3)16(21)23/h4-5,10,12,19H,6-9,11H2,1-3H3/q+1. The van der Waals surface area contributed by atoms with Crippen LogP contribution in [0.4, 0.5) is 4.79 Å². The van der Waals surface area contributed by atoms with Crippen molar-refractivity contribution in [2.75, 3.05) is 13.6 Å². The van der Waals surface area contributed by atoms with E-state index in [9.17, 15) is 18.0 Å². The smallest absolute Gasteiger partial charge is 0.241 e. The zero-order valence-corrected chi connectivity index (χ0v) is 16.1. The van der Waals surface area contributed by atoms with Crippen molar-refractivity contribution >= 4 is 27.7 Å². The lowest BCUT2D eigenvalue weighted by molar-refractivity contribution is -0.446. The van der Waals surface area contributed by atoms with Crippen molar-refractivity contribution < 1.29 is 22.6 Å². The third-order valence-corrected chi connectivity index (χ3v) is 7.57. The summed E-state index contributed by atoms with van der Waals surface area (Å²) >= 11 is 0. The molecule has 0 radical (unpaired) electrons. The first-order valence-electron chi connectivity index (χ1n) is 8.93. The molecule has 7 nitrogen and oxygen atoms in total. The Kier molecular flexibility index (Phi) is 3.63. The molecule has 3 amide bonds. The Labute approximate surface area is 153 Å². The van der Waals surface area contributed by atoms with E-state index >= 15 is 0 Å². The Morgan fingerprint density at radius 3 is 2.46 bits per heavy atom. The van der Waals surface area contributed by atoms with Gasteiger partial charge in [-0.15, -0.1) is 0 Å². The number of sulfonamides is 1. The van der Waals surface area contributed by atoms with E-state index in [1.807, 2.05) is 6.92 Å². The zero-order chi connectivity index (χ0) is 18.9. The van der Waals surface area contributed by atoms with Crippen molar-refractivity contribution in [2.24, 2.45) is 5.41 Å². The van der Waals surface area contributed by atoms with E-state index in [2.05, 4.69) is 11.6 Å². The highest BCUT2D eigenvalue weighted by atomic mass is 32.2. The largest absolute Gasteiger partial charge is 0.501 e. The van der Waals surface area contributed by atoms with Crippen LogP contribution in [0.3, 0.4) is 0 Å². The number of fused-ring (bicyclic) bond motifs is 1. The van der Waals surface area contributed by atoms with Crippen molar-refractivity contribution in [3.8, 4) is 0 Å². The summed E-state index contributed by atoms with van der Waals surface area (Å²) in [6, 6.07) is -0.357. The predicted octanol–water partition coefficient (Wildman–Crippen LogP) is 1.17. The van der Waals surface area contributed by atoms with Crippen LogP contribution in [0.25, 0.3) is 0 Å². The van der Waals surface area contributed by atoms with E-state index in [-0.39, 0.29) is 22.6 Å². The first-order chi connectivity index (χ1) is 12.0. The average molecular weight is 378 g/mol. The van der Waals surface area contributed by atoms with Gasteiger partial charge in [-0.2, -0.15) is 14.3 Å². The Morgan fingerprint density at radius 1 is 1.23 bits per heavy atom. The molecule has 1 heterocycles. The van der Waals surface area contributed by atoms with Crippen LogP contribution in [0, 0.1) is 5.41 Å². The normalized spacial score (nSPS) is 28.8. The second-order valence-corrected chi connectivity index (χ2v) is 10.4. The van der Waals surface area contributed by atoms with E-state index in [1.54, 1.807) is 16.7 Å². The van der Waals surface area contributed by atoms with Gasteiger partial charge in [-0.05, 0) is 44.8 Å². The maximum atomic E-state index is 12.7. The predicted molar refractivity (Wildman–Crippen MR) is 96.3 cm³/mol. The molecule has 140 valence electrons. The number of imide groups is 1. The molecular formula is C18H24N3O4S+. The number of hydrogen-bond donors (Lipinski definition) is 1. The molecule has 1 atom stereocenters. The molecule has 1 unspecified atom stereocenters. The number of nitrogens with zero attached hydrogens (tertiary/aromatic N) is 2. The zero-order valence-electron chi connectivity index (χ0n) is 15.3. The number of urea groups is 1. The van der Waals surface area contributed by atoms with Crippen molar-refractivity contribution in [2.45, 2.75) is 50.3 Å². The summed E-state index contributed by atoms with van der Waals surface area (Å²) in [6.07, 6.45) is 8.37. The Hall–Kier alpha value is -1.80. The molecule has 8 heteroatoms. The molecule has 0 aromatic heterocycles. The number of carbonyl (C=O) groups is 2. The van der Waals surface area contributed by atoms with Crippen LogP contribution in [0.5, 0.6) is 0 Å². The van der Waals surface area contributed by atoms with E-state index in [0.29, 0.717) is 12.3 Å². The summed E-state index contributed by atoms with van der Waals surface area (Å²) in [5.41, 5.74) is 0.504. The molecule has 4 rings (SSSR count). The quantitative estimate of drug-likeness (QED) is 0.728. The van der Waals surface area contributed by atoms with E-state index in [1.165, 1.54) is 13.1 Å². The third kappa shape index (κ3) is 2.95. The van der Waals surface area contributed by atoms with Crippen LogP contribution in [-0.4, -0.2) is 59.9 Å². The molecule has 0 bridgehead atoms. The fraction of sp³-hybridized carbons (Fsp3) is 0.611. The second-order valence-electron chi connectivity index (χ2n) is 8.54. The molecule has 2 fully saturated rings. The van der Waals surface area contributed by atoms with Crippen LogP contribution in [0.2, 0.25) is 0 Å². The number of rotatable bonds is 5. The van der Waals surface area contributed by atoms with Crippen molar-refractivity contribution in [1.29, 1.82) is 0 Å². The number of amides is 3. The minimum Gasteiger partial charge on any atom is -0.241 e. The van der Waals surface area contributed by atoms with Gasteiger partial charge in [0.1, 0.15) is 16.5 Å². The summed E-state index contributed by atoms with van der Waals surface area (Å²) in [5.74, 6) is -0.454. The highest BCUT2D eigenvalue weighted by Crippen LogP contribution is 2.45. The molecule has 2 saturated carbocycles. The average Bonchev–Trinajstić information content (AvgIpc) is 3.49. The van der Waals surface area contributed by atoms with Crippen LogP contribution >= 0.6 is 0 Å². The van der Waals surface area contributed by atoms with Gasteiger partial charge in [0.05, 0.1) is 13.6 Å². The molecule has 4 aliphatic rings. The lowest BCUT2D eigenvalue weighted by Gasteiger charge is -2.26. The number of nitrogens with one attached hydrogen (secondary N) is 1. The first kappa shape index (κ1) is 17.6. The highest BCUT2D eigenvalue weighted by molar-refractivity contribution is 7.90. The summed E-state index contributed by atoms with van der Waals surface area (Å²) in [5, 5.41) is -0.914. The molecular weight excluding hydrogens is 354 g/mol. The van der Waals surface area contributed by atoms with Gasteiger partial charge in [-0.3, -0.25) is 0 Å². The van der Waals surface area contributed by atoms with Gasteiger partial charge in [-0.1, -0.05) is 13.0 Å². The molecule has 0 saturated heterocycles. The van der Waals surface area contributed by atoms with Crippen LogP contribution < -0.4 is 4.72 Å². The first-order valence-corrected chi connectivity index (χ1v) is 10.5. The number of carbonyl (C=O) groups excluding carboxylic acids is 2. The summed E-state index contributed by atoms with van der Waals surface area (Å²) in [7, 11) is -2.18.